The second-order valence-electron chi connectivity index (χ2n) is 7.71. The molecule has 1 saturated heterocycles. The molecule has 1 aliphatic rings. The van der Waals surface area contributed by atoms with Gasteiger partial charge in [-0.15, -0.1) is 0 Å². The van der Waals surface area contributed by atoms with Gasteiger partial charge in [-0.25, -0.2) is 8.42 Å². The molecule has 1 aliphatic heterocycles. The molecule has 7 heteroatoms. The Morgan fingerprint density at radius 2 is 1.68 bits per heavy atom. The molecule has 1 unspecified atom stereocenters. The summed E-state index contributed by atoms with van der Waals surface area (Å²) in [7, 11) is -1.41. The molecule has 1 fully saturated rings. The quantitative estimate of drug-likeness (QED) is 0.619. The number of carbonyl (C=O) groups excluding carboxylic acids is 1. The lowest BCUT2D eigenvalue weighted by Crippen LogP contribution is -2.48. The first-order chi connectivity index (χ1) is 14.9. The molecule has 0 spiro atoms. The van der Waals surface area contributed by atoms with Crippen LogP contribution in [0.2, 0.25) is 0 Å². The molecular weight excluding hydrogens is 410 g/mol. The summed E-state index contributed by atoms with van der Waals surface area (Å²) >= 11 is 0. The SMILES string of the molecule is CCN(CC)S(=O)(=O)c1ccc(C=CC(=O)N2CCN(C)CC2c2ccccc2)cc1. The number of hydrogen-bond donors (Lipinski definition) is 0. The van der Waals surface area contributed by atoms with Crippen molar-refractivity contribution in [2.75, 3.05) is 39.8 Å². The van der Waals surface area contributed by atoms with Crippen molar-refractivity contribution in [3.63, 3.8) is 0 Å². The molecule has 3 rings (SSSR count). The van der Waals surface area contributed by atoms with E-state index in [0.29, 0.717) is 19.6 Å². The van der Waals surface area contributed by atoms with Gasteiger partial charge in [0.2, 0.25) is 15.9 Å². The van der Waals surface area contributed by atoms with Gasteiger partial charge in [-0.3, -0.25) is 4.79 Å². The van der Waals surface area contributed by atoms with E-state index in [1.165, 1.54) is 4.31 Å². The molecule has 0 bridgehead atoms. The summed E-state index contributed by atoms with van der Waals surface area (Å²) < 4.78 is 26.7. The fourth-order valence-corrected chi connectivity index (χ4v) is 5.33. The Kier molecular flexibility index (Phi) is 7.64. The number of nitrogens with zero attached hydrogens (tertiary/aromatic N) is 3. The van der Waals surface area contributed by atoms with Gasteiger partial charge in [-0.05, 0) is 36.4 Å². The van der Waals surface area contributed by atoms with E-state index in [1.807, 2.05) is 36.9 Å². The normalized spacial score (nSPS) is 18.1. The highest BCUT2D eigenvalue weighted by molar-refractivity contribution is 7.89. The Morgan fingerprint density at radius 1 is 1.03 bits per heavy atom. The summed E-state index contributed by atoms with van der Waals surface area (Å²) in [5, 5.41) is 0. The average Bonchev–Trinajstić information content (AvgIpc) is 2.79. The summed E-state index contributed by atoms with van der Waals surface area (Å²) in [5.74, 6) is -0.0400. The highest BCUT2D eigenvalue weighted by Gasteiger charge is 2.29. The first-order valence-corrected chi connectivity index (χ1v) is 12.1. The van der Waals surface area contributed by atoms with E-state index in [0.717, 1.165) is 24.2 Å². The molecule has 0 N–H and O–H groups in total. The van der Waals surface area contributed by atoms with Crippen molar-refractivity contribution in [1.82, 2.24) is 14.1 Å². The highest BCUT2D eigenvalue weighted by atomic mass is 32.2. The number of carbonyl (C=O) groups is 1. The lowest BCUT2D eigenvalue weighted by molar-refractivity contribution is -0.130. The molecule has 2 aromatic rings. The lowest BCUT2D eigenvalue weighted by Gasteiger charge is -2.40. The van der Waals surface area contributed by atoms with Crippen molar-refractivity contribution in [3.8, 4) is 0 Å². The summed E-state index contributed by atoms with van der Waals surface area (Å²) in [6, 6.07) is 16.8. The highest BCUT2D eigenvalue weighted by Crippen LogP contribution is 2.25. The number of rotatable bonds is 7. The zero-order valence-electron chi connectivity index (χ0n) is 18.4. The molecule has 6 nitrogen and oxygen atoms in total. The molecule has 1 amide bonds. The topological polar surface area (TPSA) is 60.9 Å². The fraction of sp³-hybridized carbons (Fsp3) is 0.375. The third kappa shape index (κ3) is 5.42. The van der Waals surface area contributed by atoms with Crippen molar-refractivity contribution < 1.29 is 13.2 Å². The predicted octanol–water partition coefficient (Wildman–Crippen LogP) is 3.25. The Hall–Kier alpha value is -2.48. The van der Waals surface area contributed by atoms with Crippen LogP contribution >= 0.6 is 0 Å². The minimum absolute atomic E-state index is 0.0127. The number of hydrogen-bond acceptors (Lipinski definition) is 4. The van der Waals surface area contributed by atoms with E-state index in [2.05, 4.69) is 24.1 Å². The van der Waals surface area contributed by atoms with Gasteiger partial charge in [0.1, 0.15) is 0 Å². The van der Waals surface area contributed by atoms with Crippen LogP contribution < -0.4 is 0 Å². The van der Waals surface area contributed by atoms with E-state index in [9.17, 15) is 13.2 Å². The van der Waals surface area contributed by atoms with Gasteiger partial charge in [-0.1, -0.05) is 56.3 Å². The van der Waals surface area contributed by atoms with Crippen molar-refractivity contribution in [3.05, 3.63) is 71.8 Å². The van der Waals surface area contributed by atoms with Crippen LogP contribution in [0.1, 0.15) is 31.0 Å². The molecule has 0 aliphatic carbocycles. The first-order valence-electron chi connectivity index (χ1n) is 10.7. The van der Waals surface area contributed by atoms with Crippen LogP contribution in [0.3, 0.4) is 0 Å². The molecular formula is C24H31N3O3S. The summed E-state index contributed by atoms with van der Waals surface area (Å²) in [4.78, 5) is 17.4. The Labute approximate surface area is 185 Å². The van der Waals surface area contributed by atoms with Gasteiger partial charge in [0.15, 0.2) is 0 Å². The Morgan fingerprint density at radius 3 is 2.29 bits per heavy atom. The van der Waals surface area contributed by atoms with Gasteiger partial charge >= 0.3 is 0 Å². The Balaban J connectivity index is 1.74. The van der Waals surface area contributed by atoms with Crippen LogP contribution in [-0.4, -0.2) is 68.2 Å². The van der Waals surface area contributed by atoms with Crippen molar-refractivity contribution in [1.29, 1.82) is 0 Å². The van der Waals surface area contributed by atoms with E-state index >= 15 is 0 Å². The summed E-state index contributed by atoms with van der Waals surface area (Å²) in [5.41, 5.74) is 1.92. The molecule has 1 heterocycles. The third-order valence-corrected chi connectivity index (χ3v) is 7.76. The number of sulfonamides is 1. The molecule has 0 aromatic heterocycles. The molecule has 166 valence electrons. The average molecular weight is 442 g/mol. The smallest absolute Gasteiger partial charge is 0.247 e. The number of benzene rings is 2. The van der Waals surface area contributed by atoms with Crippen LogP contribution in [0.4, 0.5) is 0 Å². The maximum Gasteiger partial charge on any atom is 0.247 e. The van der Waals surface area contributed by atoms with E-state index in [4.69, 9.17) is 0 Å². The minimum atomic E-state index is -3.48. The maximum absolute atomic E-state index is 13.0. The number of likely N-dealkylation sites (N-methyl/N-ethyl adjacent to an activating group) is 1. The number of piperazine rings is 1. The van der Waals surface area contributed by atoms with E-state index in [-0.39, 0.29) is 16.8 Å². The molecule has 1 atom stereocenters. The van der Waals surface area contributed by atoms with Crippen LogP contribution in [0.25, 0.3) is 6.08 Å². The van der Waals surface area contributed by atoms with Crippen molar-refractivity contribution in [2.24, 2.45) is 0 Å². The molecule has 0 saturated carbocycles. The summed E-state index contributed by atoms with van der Waals surface area (Å²) in [6.45, 7) is 6.81. The predicted molar refractivity (Wildman–Crippen MR) is 124 cm³/mol. The molecule has 31 heavy (non-hydrogen) atoms. The van der Waals surface area contributed by atoms with Gasteiger partial charge in [0.05, 0.1) is 10.9 Å². The van der Waals surface area contributed by atoms with Crippen LogP contribution in [-0.2, 0) is 14.8 Å². The number of amides is 1. The fourth-order valence-electron chi connectivity index (χ4n) is 3.87. The van der Waals surface area contributed by atoms with Crippen LogP contribution in [0, 0.1) is 0 Å². The largest absolute Gasteiger partial charge is 0.330 e. The van der Waals surface area contributed by atoms with Crippen LogP contribution in [0.5, 0.6) is 0 Å². The zero-order chi connectivity index (χ0) is 22.4. The van der Waals surface area contributed by atoms with E-state index < -0.39 is 10.0 Å². The standard InChI is InChI=1S/C24H31N3O3S/c1-4-26(5-2)31(29,30)22-14-11-20(12-15-22)13-16-24(28)27-18-17-25(3)19-23(27)21-9-7-6-8-10-21/h6-16,23H,4-5,17-19H2,1-3H3. The first kappa shape index (κ1) is 23.2. The van der Waals surface area contributed by atoms with Gasteiger partial charge in [0, 0.05) is 38.8 Å². The maximum atomic E-state index is 13.0. The Bertz CT molecular complexity index is 1000. The van der Waals surface area contributed by atoms with Gasteiger partial charge in [-0.2, -0.15) is 4.31 Å². The second kappa shape index (κ2) is 10.2. The molecule has 0 radical (unpaired) electrons. The van der Waals surface area contributed by atoms with Gasteiger partial charge in [0.25, 0.3) is 0 Å². The molecule has 2 aromatic carbocycles. The monoisotopic (exact) mass is 441 g/mol. The van der Waals surface area contributed by atoms with Crippen LogP contribution in [0.15, 0.2) is 65.6 Å². The zero-order valence-corrected chi connectivity index (χ0v) is 19.3. The van der Waals surface area contributed by atoms with Crippen molar-refractivity contribution >= 4 is 22.0 Å². The second-order valence-corrected chi connectivity index (χ2v) is 9.65. The van der Waals surface area contributed by atoms with E-state index in [1.54, 1.807) is 36.4 Å². The van der Waals surface area contributed by atoms with Gasteiger partial charge < -0.3 is 9.80 Å². The summed E-state index contributed by atoms with van der Waals surface area (Å²) in [6.07, 6.45) is 3.33. The third-order valence-electron chi connectivity index (χ3n) is 5.69. The minimum Gasteiger partial charge on any atom is -0.330 e. The van der Waals surface area contributed by atoms with Crippen molar-refractivity contribution in [2.45, 2.75) is 24.8 Å². The lowest BCUT2D eigenvalue weighted by atomic mass is 10.0.